The van der Waals surface area contributed by atoms with Gasteiger partial charge in [-0.1, -0.05) is 49.2 Å². The number of benzene rings is 2. The summed E-state index contributed by atoms with van der Waals surface area (Å²) in [6.07, 6.45) is 2.05. The van der Waals surface area contributed by atoms with E-state index >= 15 is 0 Å². The largest absolute Gasteiger partial charge is 0.492 e. The first-order valence-electron chi connectivity index (χ1n) is 9.06. The third-order valence-corrected chi connectivity index (χ3v) is 4.99. The number of urea groups is 1. The Bertz CT molecular complexity index is 820. The van der Waals surface area contributed by atoms with E-state index in [1.807, 2.05) is 24.3 Å². The Morgan fingerprint density at radius 3 is 2.37 bits per heavy atom. The van der Waals surface area contributed by atoms with Crippen LogP contribution in [0.15, 0.2) is 48.5 Å². The minimum atomic E-state index is -1.05. The molecule has 27 heavy (non-hydrogen) atoms. The molecule has 1 aliphatic rings. The molecule has 0 aromatic heterocycles. The Morgan fingerprint density at radius 2 is 1.74 bits per heavy atom. The summed E-state index contributed by atoms with van der Waals surface area (Å²) in [7, 11) is 0. The van der Waals surface area contributed by atoms with E-state index < -0.39 is 11.6 Å². The van der Waals surface area contributed by atoms with Crippen molar-refractivity contribution >= 4 is 23.5 Å². The van der Waals surface area contributed by atoms with Gasteiger partial charge in [-0.2, -0.15) is 0 Å². The number of nitrogens with zero attached hydrogens (tertiary/aromatic N) is 1. The smallest absolute Gasteiger partial charge is 0.325 e. The molecule has 0 saturated carbocycles. The first kappa shape index (κ1) is 19.2. The van der Waals surface area contributed by atoms with Crippen LogP contribution in [0.2, 0.25) is 5.02 Å². The highest BCUT2D eigenvalue weighted by Gasteiger charge is 2.48. The van der Waals surface area contributed by atoms with Crippen LogP contribution in [0.5, 0.6) is 5.75 Å². The van der Waals surface area contributed by atoms with Gasteiger partial charge in [0.05, 0.1) is 6.54 Å². The quantitative estimate of drug-likeness (QED) is 0.727. The predicted molar refractivity (Wildman–Crippen MR) is 105 cm³/mol. The van der Waals surface area contributed by atoms with E-state index in [1.165, 1.54) is 10.5 Å². The van der Waals surface area contributed by atoms with Gasteiger partial charge in [0, 0.05) is 5.02 Å². The molecule has 0 spiro atoms. The maximum absolute atomic E-state index is 12.9. The van der Waals surface area contributed by atoms with E-state index in [0.29, 0.717) is 10.8 Å². The fourth-order valence-corrected chi connectivity index (χ4v) is 3.30. The number of imide groups is 1. The maximum atomic E-state index is 12.9. The van der Waals surface area contributed by atoms with E-state index in [2.05, 4.69) is 12.2 Å². The number of amides is 3. The van der Waals surface area contributed by atoms with E-state index in [4.69, 9.17) is 16.3 Å². The van der Waals surface area contributed by atoms with E-state index in [0.717, 1.165) is 18.4 Å². The summed E-state index contributed by atoms with van der Waals surface area (Å²) in [5, 5.41) is 3.44. The molecule has 0 radical (unpaired) electrons. The number of aryl methyl sites for hydroxylation is 1. The van der Waals surface area contributed by atoms with Gasteiger partial charge in [-0.25, -0.2) is 4.79 Å². The summed E-state index contributed by atoms with van der Waals surface area (Å²) in [4.78, 5) is 26.5. The number of ether oxygens (including phenoxy) is 1. The van der Waals surface area contributed by atoms with Crippen LogP contribution in [-0.2, 0) is 16.8 Å². The standard InChI is InChI=1S/C21H23ClN2O3/c1-3-4-15-5-7-16(8-6-15)21(2)19(25)24(20(26)23-21)13-14-27-18-11-9-17(22)10-12-18/h5-12H,3-4,13-14H2,1-2H3,(H,23,26)/t21-/m0/s1. The third kappa shape index (κ3) is 4.08. The Labute approximate surface area is 164 Å². The van der Waals surface area contributed by atoms with Crippen molar-refractivity contribution in [3.8, 4) is 5.75 Å². The molecule has 3 amide bonds. The molecule has 0 aliphatic carbocycles. The minimum Gasteiger partial charge on any atom is -0.492 e. The third-order valence-electron chi connectivity index (χ3n) is 4.74. The normalized spacial score (nSPS) is 19.3. The number of halogens is 1. The molecular weight excluding hydrogens is 364 g/mol. The lowest BCUT2D eigenvalue weighted by atomic mass is 9.91. The van der Waals surface area contributed by atoms with Gasteiger partial charge in [0.15, 0.2) is 0 Å². The van der Waals surface area contributed by atoms with Crippen LogP contribution < -0.4 is 10.1 Å². The van der Waals surface area contributed by atoms with Gasteiger partial charge in [-0.05, 0) is 48.7 Å². The summed E-state index contributed by atoms with van der Waals surface area (Å²) in [6.45, 7) is 4.26. The molecule has 0 bridgehead atoms. The SMILES string of the molecule is CCCc1ccc([C@]2(C)NC(=O)N(CCOc3ccc(Cl)cc3)C2=O)cc1. The van der Waals surface area contributed by atoms with Crippen LogP contribution in [-0.4, -0.2) is 30.0 Å². The summed E-state index contributed by atoms with van der Waals surface area (Å²) in [5.41, 5.74) is 0.943. The molecule has 2 aromatic rings. The van der Waals surface area contributed by atoms with Crippen molar-refractivity contribution in [1.82, 2.24) is 10.2 Å². The van der Waals surface area contributed by atoms with E-state index in [-0.39, 0.29) is 19.1 Å². The number of rotatable bonds is 7. The van der Waals surface area contributed by atoms with Crippen molar-refractivity contribution in [3.05, 3.63) is 64.7 Å². The number of nitrogens with one attached hydrogen (secondary N) is 1. The highest BCUT2D eigenvalue weighted by molar-refractivity contribution is 6.30. The van der Waals surface area contributed by atoms with Crippen LogP contribution in [0, 0.1) is 0 Å². The van der Waals surface area contributed by atoms with Gasteiger partial charge < -0.3 is 10.1 Å². The molecule has 5 nitrogen and oxygen atoms in total. The van der Waals surface area contributed by atoms with Crippen molar-refractivity contribution in [3.63, 3.8) is 0 Å². The lowest BCUT2D eigenvalue weighted by Gasteiger charge is -2.22. The lowest BCUT2D eigenvalue weighted by Crippen LogP contribution is -2.41. The molecule has 1 N–H and O–H groups in total. The van der Waals surface area contributed by atoms with Gasteiger partial charge in [-0.3, -0.25) is 9.69 Å². The van der Waals surface area contributed by atoms with Crippen molar-refractivity contribution in [2.45, 2.75) is 32.2 Å². The molecule has 2 aromatic carbocycles. The van der Waals surface area contributed by atoms with E-state index in [9.17, 15) is 9.59 Å². The molecule has 0 unspecified atom stereocenters. The zero-order chi connectivity index (χ0) is 19.4. The maximum Gasteiger partial charge on any atom is 0.325 e. The van der Waals surface area contributed by atoms with Crippen LogP contribution >= 0.6 is 11.6 Å². The Kier molecular flexibility index (Phi) is 5.71. The number of carbonyl (C=O) groups is 2. The molecule has 1 fully saturated rings. The average Bonchev–Trinajstić information content (AvgIpc) is 2.88. The molecule has 1 heterocycles. The van der Waals surface area contributed by atoms with Crippen molar-refractivity contribution in [2.24, 2.45) is 0 Å². The Hall–Kier alpha value is -2.53. The van der Waals surface area contributed by atoms with Crippen molar-refractivity contribution in [2.75, 3.05) is 13.2 Å². The summed E-state index contributed by atoms with van der Waals surface area (Å²) >= 11 is 5.84. The van der Waals surface area contributed by atoms with Crippen molar-refractivity contribution < 1.29 is 14.3 Å². The fraction of sp³-hybridized carbons (Fsp3) is 0.333. The molecule has 3 rings (SSSR count). The second-order valence-electron chi connectivity index (χ2n) is 6.76. The lowest BCUT2D eigenvalue weighted by molar-refractivity contribution is -0.131. The summed E-state index contributed by atoms with van der Waals surface area (Å²) in [6, 6.07) is 14.4. The zero-order valence-electron chi connectivity index (χ0n) is 15.5. The topological polar surface area (TPSA) is 58.6 Å². The summed E-state index contributed by atoms with van der Waals surface area (Å²) < 4.78 is 5.60. The molecule has 1 saturated heterocycles. The number of carbonyl (C=O) groups excluding carboxylic acids is 2. The van der Waals surface area contributed by atoms with Crippen LogP contribution in [0.3, 0.4) is 0 Å². The number of hydrogen-bond donors (Lipinski definition) is 1. The highest BCUT2D eigenvalue weighted by atomic mass is 35.5. The molecule has 1 aliphatic heterocycles. The molecular formula is C21H23ClN2O3. The van der Waals surface area contributed by atoms with Crippen LogP contribution in [0.25, 0.3) is 0 Å². The Balaban J connectivity index is 1.65. The van der Waals surface area contributed by atoms with Gasteiger partial charge in [-0.15, -0.1) is 0 Å². The highest BCUT2D eigenvalue weighted by Crippen LogP contribution is 2.29. The second-order valence-corrected chi connectivity index (χ2v) is 7.20. The number of hydrogen-bond acceptors (Lipinski definition) is 3. The zero-order valence-corrected chi connectivity index (χ0v) is 16.3. The van der Waals surface area contributed by atoms with Crippen LogP contribution in [0.1, 0.15) is 31.4 Å². The van der Waals surface area contributed by atoms with Crippen molar-refractivity contribution in [1.29, 1.82) is 0 Å². The second kappa shape index (κ2) is 8.01. The van der Waals surface area contributed by atoms with Gasteiger partial charge in [0.2, 0.25) is 0 Å². The average molecular weight is 387 g/mol. The van der Waals surface area contributed by atoms with Gasteiger partial charge in [0.25, 0.3) is 5.91 Å². The first-order valence-corrected chi connectivity index (χ1v) is 9.43. The monoisotopic (exact) mass is 386 g/mol. The Morgan fingerprint density at radius 1 is 1.07 bits per heavy atom. The molecule has 1 atom stereocenters. The fourth-order valence-electron chi connectivity index (χ4n) is 3.17. The van der Waals surface area contributed by atoms with Gasteiger partial charge in [0.1, 0.15) is 17.9 Å². The molecule has 142 valence electrons. The van der Waals surface area contributed by atoms with Crippen LogP contribution in [0.4, 0.5) is 4.79 Å². The van der Waals surface area contributed by atoms with Gasteiger partial charge >= 0.3 is 6.03 Å². The predicted octanol–water partition coefficient (Wildman–Crippen LogP) is 4.14. The minimum absolute atomic E-state index is 0.177. The van der Waals surface area contributed by atoms with E-state index in [1.54, 1.807) is 31.2 Å². The first-order chi connectivity index (χ1) is 12.9. The molecule has 6 heteroatoms. The summed E-state index contributed by atoms with van der Waals surface area (Å²) in [5.74, 6) is 0.371.